The number of aliphatic hydroxyl groups is 1. The second-order valence-electron chi connectivity index (χ2n) is 10.7. The number of aromatic nitrogens is 2. The minimum Gasteiger partial charge on any atom is -0.392 e. The van der Waals surface area contributed by atoms with Gasteiger partial charge in [0.1, 0.15) is 12.3 Å². The van der Waals surface area contributed by atoms with E-state index in [2.05, 4.69) is 26.9 Å². The number of oxime groups is 1. The van der Waals surface area contributed by atoms with Crippen molar-refractivity contribution in [1.29, 1.82) is 0 Å². The van der Waals surface area contributed by atoms with Crippen LogP contribution in [0.2, 0.25) is 0 Å². The van der Waals surface area contributed by atoms with Gasteiger partial charge in [0, 0.05) is 48.8 Å². The van der Waals surface area contributed by atoms with E-state index in [9.17, 15) is 13.9 Å². The number of halogens is 2. The first-order valence-electron chi connectivity index (χ1n) is 13.4. The van der Waals surface area contributed by atoms with E-state index in [-0.39, 0.29) is 24.0 Å². The summed E-state index contributed by atoms with van der Waals surface area (Å²) < 4.78 is 33.9. The van der Waals surface area contributed by atoms with Crippen molar-refractivity contribution in [1.82, 2.24) is 14.9 Å². The van der Waals surface area contributed by atoms with Crippen molar-refractivity contribution in [3.8, 4) is 0 Å². The molecule has 1 spiro atoms. The van der Waals surface area contributed by atoms with Crippen LogP contribution in [-0.2, 0) is 21.8 Å². The average molecular weight is 537 g/mol. The van der Waals surface area contributed by atoms with Crippen LogP contribution in [0.25, 0.3) is 0 Å². The first-order chi connectivity index (χ1) is 18.7. The Morgan fingerprint density at radius 3 is 2.67 bits per heavy atom. The Morgan fingerprint density at radius 1 is 1.18 bits per heavy atom. The standard InChI is InChI=1S/C30H34F2N4O3/c1-4-29(3,37)19-39-35-28(21-5-7-25(31)26(32)15-21)27-8-6-22(16-34-27)20(2)36-13-10-30(11-14-36)24-17-33-12-9-23(24)18-38-30/h5-9,12,15-17,20,37H,4,10-11,13-14,18-19H2,1-3H3/b35-28+. The molecule has 0 aliphatic carbocycles. The van der Waals surface area contributed by atoms with E-state index in [1.54, 1.807) is 19.2 Å². The van der Waals surface area contributed by atoms with Crippen molar-refractivity contribution in [2.45, 2.75) is 63.9 Å². The van der Waals surface area contributed by atoms with E-state index in [1.807, 2.05) is 31.5 Å². The largest absolute Gasteiger partial charge is 0.392 e. The molecular weight excluding hydrogens is 502 g/mol. The van der Waals surface area contributed by atoms with Crippen molar-refractivity contribution in [3.63, 3.8) is 0 Å². The molecule has 5 rings (SSSR count). The van der Waals surface area contributed by atoms with Gasteiger partial charge in [-0.3, -0.25) is 14.9 Å². The van der Waals surface area contributed by atoms with Crippen LogP contribution >= 0.6 is 0 Å². The van der Waals surface area contributed by atoms with Crippen LogP contribution in [0.5, 0.6) is 0 Å². The molecule has 2 aliphatic heterocycles. The zero-order valence-corrected chi connectivity index (χ0v) is 22.5. The average Bonchev–Trinajstić information content (AvgIpc) is 3.31. The summed E-state index contributed by atoms with van der Waals surface area (Å²) in [7, 11) is 0. The van der Waals surface area contributed by atoms with Gasteiger partial charge in [-0.2, -0.15) is 0 Å². The molecule has 1 fully saturated rings. The number of likely N-dealkylation sites (tertiary alicyclic amines) is 1. The lowest BCUT2D eigenvalue weighted by atomic mass is 9.84. The number of rotatable bonds is 8. The van der Waals surface area contributed by atoms with Crippen LogP contribution in [0.4, 0.5) is 8.78 Å². The van der Waals surface area contributed by atoms with Crippen molar-refractivity contribution in [2.75, 3.05) is 19.7 Å². The van der Waals surface area contributed by atoms with Crippen LogP contribution in [0.15, 0.2) is 60.1 Å². The molecule has 0 saturated carbocycles. The zero-order valence-electron chi connectivity index (χ0n) is 22.5. The number of ether oxygens (including phenoxy) is 1. The molecule has 3 aromatic rings. The van der Waals surface area contributed by atoms with E-state index in [0.717, 1.165) is 43.6 Å². The number of piperidine rings is 1. The van der Waals surface area contributed by atoms with Crippen molar-refractivity contribution in [3.05, 3.63) is 94.6 Å². The topological polar surface area (TPSA) is 80.1 Å². The molecule has 2 atom stereocenters. The number of hydrogen-bond donors (Lipinski definition) is 1. The van der Waals surface area contributed by atoms with Crippen LogP contribution in [0.3, 0.4) is 0 Å². The molecule has 4 heterocycles. The highest BCUT2D eigenvalue weighted by atomic mass is 19.2. The minimum absolute atomic E-state index is 0.0491. The predicted octanol–water partition coefficient (Wildman–Crippen LogP) is 5.27. The fourth-order valence-electron chi connectivity index (χ4n) is 5.17. The van der Waals surface area contributed by atoms with E-state index in [4.69, 9.17) is 9.57 Å². The van der Waals surface area contributed by atoms with Crippen molar-refractivity contribution in [2.24, 2.45) is 5.16 Å². The third-order valence-electron chi connectivity index (χ3n) is 8.06. The lowest BCUT2D eigenvalue weighted by Crippen LogP contribution is -2.43. The first kappa shape index (κ1) is 27.3. The Hall–Kier alpha value is -3.27. The highest BCUT2D eigenvalue weighted by Crippen LogP contribution is 2.44. The molecule has 2 aliphatic rings. The third-order valence-corrected chi connectivity index (χ3v) is 8.06. The lowest BCUT2D eigenvalue weighted by Gasteiger charge is -2.41. The predicted molar refractivity (Wildman–Crippen MR) is 143 cm³/mol. The second-order valence-corrected chi connectivity index (χ2v) is 10.7. The van der Waals surface area contributed by atoms with Crippen LogP contribution in [0, 0.1) is 11.6 Å². The Labute approximate surface area is 227 Å². The van der Waals surface area contributed by atoms with Gasteiger partial charge >= 0.3 is 0 Å². The van der Waals surface area contributed by atoms with Gasteiger partial charge in [-0.25, -0.2) is 8.78 Å². The summed E-state index contributed by atoms with van der Waals surface area (Å²) in [5.74, 6) is -1.94. The molecule has 39 heavy (non-hydrogen) atoms. The molecule has 0 radical (unpaired) electrons. The van der Waals surface area contributed by atoms with Crippen molar-refractivity contribution >= 4 is 5.71 Å². The van der Waals surface area contributed by atoms with Crippen molar-refractivity contribution < 1.29 is 23.5 Å². The van der Waals surface area contributed by atoms with E-state index >= 15 is 0 Å². The monoisotopic (exact) mass is 536 g/mol. The van der Waals surface area contributed by atoms with E-state index in [1.165, 1.54) is 17.2 Å². The molecular formula is C30H34F2N4O3. The molecule has 0 amide bonds. The maximum absolute atomic E-state index is 14.0. The number of nitrogens with zero attached hydrogens (tertiary/aromatic N) is 4. The molecule has 1 N–H and O–H groups in total. The van der Waals surface area contributed by atoms with Gasteiger partial charge in [-0.15, -0.1) is 0 Å². The second kappa shape index (κ2) is 11.1. The van der Waals surface area contributed by atoms with Gasteiger partial charge in [0.15, 0.2) is 11.6 Å². The van der Waals surface area contributed by atoms with Crippen LogP contribution < -0.4 is 0 Å². The lowest BCUT2D eigenvalue weighted by molar-refractivity contribution is -0.0838. The maximum atomic E-state index is 14.0. The summed E-state index contributed by atoms with van der Waals surface area (Å²) in [4.78, 5) is 16.8. The number of hydrogen-bond acceptors (Lipinski definition) is 7. The number of pyridine rings is 2. The van der Waals surface area contributed by atoms with Gasteiger partial charge in [0.25, 0.3) is 0 Å². The van der Waals surface area contributed by atoms with Gasteiger partial charge < -0.3 is 14.7 Å². The molecule has 0 bridgehead atoms. The van der Waals surface area contributed by atoms with E-state index < -0.39 is 17.2 Å². The number of fused-ring (bicyclic) bond motifs is 2. The Morgan fingerprint density at radius 2 is 1.97 bits per heavy atom. The third kappa shape index (κ3) is 5.71. The van der Waals surface area contributed by atoms with Gasteiger partial charge in [0.2, 0.25) is 0 Å². The van der Waals surface area contributed by atoms with E-state index in [0.29, 0.717) is 24.3 Å². The molecule has 9 heteroatoms. The fraction of sp³-hybridized carbons (Fsp3) is 0.433. The summed E-state index contributed by atoms with van der Waals surface area (Å²) >= 11 is 0. The molecule has 206 valence electrons. The van der Waals surface area contributed by atoms with Gasteiger partial charge in [0.05, 0.1) is 23.5 Å². The molecule has 1 aromatic carbocycles. The molecule has 7 nitrogen and oxygen atoms in total. The Bertz CT molecular complexity index is 1340. The maximum Gasteiger partial charge on any atom is 0.159 e. The van der Waals surface area contributed by atoms with Crippen LogP contribution in [-0.4, -0.2) is 51.0 Å². The summed E-state index contributed by atoms with van der Waals surface area (Å²) in [6, 6.07) is 9.49. The molecule has 2 unspecified atom stereocenters. The number of benzene rings is 1. The smallest absolute Gasteiger partial charge is 0.159 e. The fourth-order valence-corrected chi connectivity index (χ4v) is 5.17. The highest BCUT2D eigenvalue weighted by molar-refractivity contribution is 6.11. The van der Waals surface area contributed by atoms with Gasteiger partial charge in [-0.1, -0.05) is 18.1 Å². The normalized spacial score (nSPS) is 19.5. The molecule has 1 saturated heterocycles. The summed E-state index contributed by atoms with van der Waals surface area (Å²) in [6.07, 6.45) is 7.82. The first-order valence-corrected chi connectivity index (χ1v) is 13.4. The minimum atomic E-state index is -1.06. The molecule has 2 aromatic heterocycles. The zero-order chi connectivity index (χ0) is 27.6. The van der Waals surface area contributed by atoms with Crippen LogP contribution in [0.1, 0.15) is 74.0 Å². The summed E-state index contributed by atoms with van der Waals surface area (Å²) in [6.45, 7) is 7.98. The Balaban J connectivity index is 1.31. The van der Waals surface area contributed by atoms with Gasteiger partial charge in [-0.05, 0) is 74.6 Å². The SMILES string of the molecule is CCC(C)(O)CO/N=C(\c1ccc(F)c(F)c1)c1ccc(C(C)N2CCC3(CC2)OCc2ccncc23)cn1. The highest BCUT2D eigenvalue weighted by Gasteiger charge is 2.43. The quantitative estimate of drug-likeness (QED) is 0.312. The Kier molecular flexibility index (Phi) is 7.75. The summed E-state index contributed by atoms with van der Waals surface area (Å²) in [5.41, 5.74) is 3.20. The summed E-state index contributed by atoms with van der Waals surface area (Å²) in [5, 5.41) is 14.4.